The van der Waals surface area contributed by atoms with Crippen molar-refractivity contribution in [2.75, 3.05) is 12.4 Å². The first-order valence-electron chi connectivity index (χ1n) is 6.53. The van der Waals surface area contributed by atoms with Gasteiger partial charge >= 0.3 is 0 Å². The van der Waals surface area contributed by atoms with E-state index < -0.39 is 0 Å². The highest BCUT2D eigenvalue weighted by Gasteiger charge is 2.12. The van der Waals surface area contributed by atoms with Crippen LogP contribution in [0.2, 0.25) is 5.02 Å². The molecule has 0 fully saturated rings. The fraction of sp³-hybridized carbons (Fsp3) is 0.250. The van der Waals surface area contributed by atoms with Crippen LogP contribution >= 0.6 is 43.5 Å². The molecule has 2 aromatic rings. The van der Waals surface area contributed by atoms with Crippen LogP contribution < -0.4 is 10.1 Å². The van der Waals surface area contributed by atoms with Crippen LogP contribution in [0.15, 0.2) is 45.3 Å². The third-order valence-electron chi connectivity index (χ3n) is 3.07. The van der Waals surface area contributed by atoms with Gasteiger partial charge in [0.2, 0.25) is 0 Å². The van der Waals surface area contributed by atoms with Gasteiger partial charge in [-0.15, -0.1) is 0 Å². The van der Waals surface area contributed by atoms with Crippen LogP contribution in [0.25, 0.3) is 0 Å². The molecular formula is C16H16Br2ClNO. The summed E-state index contributed by atoms with van der Waals surface area (Å²) in [5, 5.41) is 4.12. The Morgan fingerprint density at radius 3 is 2.48 bits per heavy atom. The molecule has 1 N–H and O–H groups in total. The van der Waals surface area contributed by atoms with Crippen LogP contribution in [0.1, 0.15) is 12.5 Å². The van der Waals surface area contributed by atoms with Gasteiger partial charge in [-0.2, -0.15) is 0 Å². The number of anilines is 1. The molecule has 2 aromatic carbocycles. The van der Waals surface area contributed by atoms with E-state index in [1.807, 2.05) is 12.1 Å². The molecule has 0 heterocycles. The number of halogens is 3. The van der Waals surface area contributed by atoms with Gasteiger partial charge in [0.05, 0.1) is 17.3 Å². The SMILES string of the molecule is COc1c(Br)cc(Cl)cc1NC(C)Cc1ccc(Br)cc1. The molecular weight excluding hydrogens is 417 g/mol. The average molecular weight is 434 g/mol. The van der Waals surface area contributed by atoms with Crippen LogP contribution in [0.4, 0.5) is 5.69 Å². The maximum absolute atomic E-state index is 6.11. The molecule has 0 amide bonds. The molecule has 0 aliphatic heterocycles. The van der Waals surface area contributed by atoms with Crippen molar-refractivity contribution in [2.24, 2.45) is 0 Å². The summed E-state index contributed by atoms with van der Waals surface area (Å²) in [7, 11) is 1.65. The van der Waals surface area contributed by atoms with Crippen molar-refractivity contribution in [3.05, 3.63) is 55.9 Å². The molecule has 0 aliphatic rings. The minimum absolute atomic E-state index is 0.255. The molecule has 112 valence electrons. The van der Waals surface area contributed by atoms with E-state index in [-0.39, 0.29) is 6.04 Å². The predicted octanol–water partition coefficient (Wildman–Crippen LogP) is 5.92. The zero-order valence-electron chi connectivity index (χ0n) is 11.8. The molecule has 0 saturated heterocycles. The molecule has 2 nitrogen and oxygen atoms in total. The molecule has 5 heteroatoms. The van der Waals surface area contributed by atoms with E-state index in [1.165, 1.54) is 5.56 Å². The van der Waals surface area contributed by atoms with Gasteiger partial charge in [0.15, 0.2) is 5.75 Å². The summed E-state index contributed by atoms with van der Waals surface area (Å²) >= 11 is 13.0. The molecule has 0 aromatic heterocycles. The Morgan fingerprint density at radius 2 is 1.86 bits per heavy atom. The molecule has 0 spiro atoms. The van der Waals surface area contributed by atoms with Crippen molar-refractivity contribution in [2.45, 2.75) is 19.4 Å². The second-order valence-electron chi connectivity index (χ2n) is 4.84. The van der Waals surface area contributed by atoms with Gasteiger partial charge in [-0.1, -0.05) is 39.7 Å². The molecule has 2 rings (SSSR count). The lowest BCUT2D eigenvalue weighted by Crippen LogP contribution is -2.18. The number of benzene rings is 2. The van der Waals surface area contributed by atoms with Crippen LogP contribution in [-0.2, 0) is 6.42 Å². The smallest absolute Gasteiger partial charge is 0.156 e. The zero-order chi connectivity index (χ0) is 15.4. The van der Waals surface area contributed by atoms with E-state index in [1.54, 1.807) is 7.11 Å². The maximum Gasteiger partial charge on any atom is 0.156 e. The van der Waals surface area contributed by atoms with Gasteiger partial charge in [-0.25, -0.2) is 0 Å². The number of rotatable bonds is 5. The molecule has 21 heavy (non-hydrogen) atoms. The first-order valence-corrected chi connectivity index (χ1v) is 8.50. The van der Waals surface area contributed by atoms with Crippen molar-refractivity contribution in [3.63, 3.8) is 0 Å². The number of methoxy groups -OCH3 is 1. The monoisotopic (exact) mass is 431 g/mol. The van der Waals surface area contributed by atoms with Crippen LogP contribution in [0, 0.1) is 0 Å². The Kier molecular flexibility index (Phi) is 5.97. The third-order valence-corrected chi connectivity index (χ3v) is 4.41. The van der Waals surface area contributed by atoms with Gasteiger partial charge in [-0.3, -0.25) is 0 Å². The molecule has 1 atom stereocenters. The van der Waals surface area contributed by atoms with Crippen molar-refractivity contribution in [1.82, 2.24) is 0 Å². The average Bonchev–Trinajstić information content (AvgIpc) is 2.41. The number of hydrogen-bond donors (Lipinski definition) is 1. The number of hydrogen-bond acceptors (Lipinski definition) is 2. The third kappa shape index (κ3) is 4.63. The van der Waals surface area contributed by atoms with Gasteiger partial charge in [0.25, 0.3) is 0 Å². The van der Waals surface area contributed by atoms with E-state index in [9.17, 15) is 0 Å². The Bertz CT molecular complexity index is 616. The lowest BCUT2D eigenvalue weighted by molar-refractivity contribution is 0.413. The van der Waals surface area contributed by atoms with Crippen molar-refractivity contribution >= 4 is 49.1 Å². The summed E-state index contributed by atoms with van der Waals surface area (Å²) in [6, 6.07) is 12.3. The Hall–Kier alpha value is -0.710. The van der Waals surface area contributed by atoms with Gasteiger partial charge < -0.3 is 10.1 Å². The Balaban J connectivity index is 2.12. The fourth-order valence-electron chi connectivity index (χ4n) is 2.17. The minimum Gasteiger partial charge on any atom is -0.493 e. The lowest BCUT2D eigenvalue weighted by atomic mass is 10.1. The number of ether oxygens (including phenoxy) is 1. The molecule has 1 unspecified atom stereocenters. The normalized spacial score (nSPS) is 12.0. The van der Waals surface area contributed by atoms with Gasteiger partial charge in [-0.05, 0) is 59.1 Å². The van der Waals surface area contributed by atoms with E-state index in [2.05, 4.69) is 68.4 Å². The summed E-state index contributed by atoms with van der Waals surface area (Å²) in [6.07, 6.45) is 0.917. The van der Waals surface area contributed by atoms with Crippen molar-refractivity contribution in [1.29, 1.82) is 0 Å². The zero-order valence-corrected chi connectivity index (χ0v) is 15.7. The Labute approximate surface area is 147 Å². The van der Waals surface area contributed by atoms with Gasteiger partial charge in [0, 0.05) is 15.5 Å². The van der Waals surface area contributed by atoms with Gasteiger partial charge in [0.1, 0.15) is 0 Å². The van der Waals surface area contributed by atoms with Crippen LogP contribution in [-0.4, -0.2) is 13.2 Å². The molecule has 0 saturated carbocycles. The van der Waals surface area contributed by atoms with E-state index >= 15 is 0 Å². The molecule has 0 aliphatic carbocycles. The first kappa shape index (κ1) is 16.7. The maximum atomic E-state index is 6.11. The summed E-state index contributed by atoms with van der Waals surface area (Å²) in [6.45, 7) is 2.14. The predicted molar refractivity (Wildman–Crippen MR) is 96.6 cm³/mol. The van der Waals surface area contributed by atoms with Crippen LogP contribution in [0.5, 0.6) is 5.75 Å². The summed E-state index contributed by atoms with van der Waals surface area (Å²) < 4.78 is 7.36. The lowest BCUT2D eigenvalue weighted by Gasteiger charge is -2.19. The molecule has 0 radical (unpaired) electrons. The Morgan fingerprint density at radius 1 is 1.19 bits per heavy atom. The van der Waals surface area contributed by atoms with Crippen molar-refractivity contribution in [3.8, 4) is 5.75 Å². The number of nitrogens with one attached hydrogen (secondary N) is 1. The topological polar surface area (TPSA) is 21.3 Å². The second-order valence-corrected chi connectivity index (χ2v) is 7.05. The van der Waals surface area contributed by atoms with Crippen molar-refractivity contribution < 1.29 is 4.74 Å². The largest absolute Gasteiger partial charge is 0.493 e. The summed E-state index contributed by atoms with van der Waals surface area (Å²) in [5.74, 6) is 0.766. The second kappa shape index (κ2) is 7.52. The highest BCUT2D eigenvalue weighted by Crippen LogP contribution is 2.36. The first-order chi connectivity index (χ1) is 9.99. The van der Waals surface area contributed by atoms with E-state index in [4.69, 9.17) is 16.3 Å². The molecule has 0 bridgehead atoms. The van der Waals surface area contributed by atoms with Crippen LogP contribution in [0.3, 0.4) is 0 Å². The quantitative estimate of drug-likeness (QED) is 0.632. The highest BCUT2D eigenvalue weighted by atomic mass is 79.9. The summed E-state index contributed by atoms with van der Waals surface area (Å²) in [4.78, 5) is 0. The summed E-state index contributed by atoms with van der Waals surface area (Å²) in [5.41, 5.74) is 2.17. The van der Waals surface area contributed by atoms with E-state index in [0.29, 0.717) is 5.02 Å². The fourth-order valence-corrected chi connectivity index (χ4v) is 3.40. The van der Waals surface area contributed by atoms with E-state index in [0.717, 1.165) is 26.8 Å². The minimum atomic E-state index is 0.255. The highest BCUT2D eigenvalue weighted by molar-refractivity contribution is 9.10. The standard InChI is InChI=1S/C16H16Br2ClNO/c1-10(7-11-3-5-12(17)6-4-11)20-15-9-13(19)8-14(18)16(15)21-2/h3-6,8-10,20H,7H2,1-2H3.